The molecule has 0 atom stereocenters. The molecule has 3 N–H and O–H groups in total. The van der Waals surface area contributed by atoms with E-state index in [1.807, 2.05) is 23.2 Å². The minimum Gasteiger partial charge on any atom is -0.353 e. The van der Waals surface area contributed by atoms with Gasteiger partial charge in [0.05, 0.1) is 17.6 Å². The van der Waals surface area contributed by atoms with Gasteiger partial charge in [-0.05, 0) is 48.6 Å². The van der Waals surface area contributed by atoms with E-state index in [9.17, 15) is 4.79 Å². The van der Waals surface area contributed by atoms with E-state index >= 15 is 0 Å². The number of nitrogens with zero attached hydrogens (tertiary/aromatic N) is 2. The van der Waals surface area contributed by atoms with Gasteiger partial charge >= 0.3 is 0 Å². The van der Waals surface area contributed by atoms with Gasteiger partial charge < -0.3 is 15.2 Å². The van der Waals surface area contributed by atoms with Crippen molar-refractivity contribution >= 4 is 16.8 Å². The van der Waals surface area contributed by atoms with Gasteiger partial charge in [0.25, 0.3) is 5.91 Å². The van der Waals surface area contributed by atoms with Gasteiger partial charge in [0, 0.05) is 42.6 Å². The number of aromatic amines is 2. The third kappa shape index (κ3) is 2.36. The van der Waals surface area contributed by atoms with Gasteiger partial charge in [-0.25, -0.2) is 0 Å². The Morgan fingerprint density at radius 2 is 2.00 bits per heavy atom. The van der Waals surface area contributed by atoms with E-state index in [0.717, 1.165) is 67.9 Å². The number of benzene rings is 1. The molecule has 3 heterocycles. The Morgan fingerprint density at radius 3 is 2.88 bits per heavy atom. The Kier molecular flexibility index (Phi) is 3.38. The van der Waals surface area contributed by atoms with Gasteiger partial charge in [-0.15, -0.1) is 0 Å². The summed E-state index contributed by atoms with van der Waals surface area (Å²) in [5.74, 6) is 0.134. The Morgan fingerprint density at radius 1 is 1.12 bits per heavy atom. The summed E-state index contributed by atoms with van der Waals surface area (Å²) >= 11 is 0. The van der Waals surface area contributed by atoms with Crippen LogP contribution in [0.2, 0.25) is 0 Å². The second kappa shape index (κ2) is 5.74. The fraction of sp³-hybridized carbons (Fsp3) is 0.368. The minimum atomic E-state index is 0.134. The molecule has 0 bridgehead atoms. The van der Waals surface area contributed by atoms with Gasteiger partial charge in [0.15, 0.2) is 0 Å². The number of hydrogen-bond donors (Lipinski definition) is 3. The van der Waals surface area contributed by atoms with Crippen LogP contribution in [0.5, 0.6) is 0 Å². The van der Waals surface area contributed by atoms with E-state index in [0.29, 0.717) is 0 Å². The van der Waals surface area contributed by atoms with Crippen LogP contribution in [0, 0.1) is 0 Å². The molecule has 0 saturated carbocycles. The number of aryl methyl sites for hydroxylation is 2. The summed E-state index contributed by atoms with van der Waals surface area (Å²) in [5.41, 5.74) is 6.66. The molecule has 3 aromatic rings. The normalized spacial score (nSPS) is 17.2. The molecular weight excluding hydrogens is 314 g/mol. The number of carbonyl (C=O) groups excluding carboxylic acids is 1. The predicted molar refractivity (Wildman–Crippen MR) is 96.7 cm³/mol. The standard InChI is InChI=1S/C19H21N5O/c25-19(24-8-6-20-7-9-24)12-4-5-16-15(10-12)14-3-1-2-13-11-21-23-17(13)18(14)22-16/h4-5,10-11,20,22H,1-3,6-9H2,(H,21,23). The Bertz CT molecular complexity index is 948. The monoisotopic (exact) mass is 335 g/mol. The quantitative estimate of drug-likeness (QED) is 0.637. The first-order chi connectivity index (χ1) is 12.3. The molecular formula is C19H21N5O. The van der Waals surface area contributed by atoms with Crippen molar-refractivity contribution in [1.29, 1.82) is 0 Å². The van der Waals surface area contributed by atoms with E-state index < -0.39 is 0 Å². The molecule has 1 aliphatic carbocycles. The van der Waals surface area contributed by atoms with Crippen molar-refractivity contribution in [1.82, 2.24) is 25.4 Å². The lowest BCUT2D eigenvalue weighted by Crippen LogP contribution is -2.46. The average molecular weight is 335 g/mol. The highest BCUT2D eigenvalue weighted by Crippen LogP contribution is 2.35. The molecule has 2 aromatic heterocycles. The number of fused-ring (bicyclic) bond motifs is 5. The molecule has 0 unspecified atom stereocenters. The SMILES string of the molecule is O=C(c1ccc2[nH]c3c(c2c1)CCCc1cn[nH]c1-3)N1CCNCC1. The molecule has 1 aromatic carbocycles. The second-order valence-corrected chi connectivity index (χ2v) is 6.90. The molecule has 6 nitrogen and oxygen atoms in total. The van der Waals surface area contributed by atoms with Crippen molar-refractivity contribution in [2.45, 2.75) is 19.3 Å². The topological polar surface area (TPSA) is 76.8 Å². The van der Waals surface area contributed by atoms with Crippen LogP contribution >= 0.6 is 0 Å². The summed E-state index contributed by atoms with van der Waals surface area (Å²) in [4.78, 5) is 18.3. The van der Waals surface area contributed by atoms with E-state index in [1.54, 1.807) is 0 Å². The summed E-state index contributed by atoms with van der Waals surface area (Å²) in [6.45, 7) is 3.30. The number of hydrogen-bond acceptors (Lipinski definition) is 3. The molecule has 5 rings (SSSR count). The molecule has 128 valence electrons. The number of carbonyl (C=O) groups is 1. The second-order valence-electron chi connectivity index (χ2n) is 6.90. The summed E-state index contributed by atoms with van der Waals surface area (Å²) in [5, 5.41) is 11.8. The fourth-order valence-corrected chi connectivity index (χ4v) is 4.08. The fourth-order valence-electron chi connectivity index (χ4n) is 4.08. The molecule has 0 radical (unpaired) electrons. The smallest absolute Gasteiger partial charge is 0.253 e. The van der Waals surface area contributed by atoms with Crippen molar-refractivity contribution in [2.75, 3.05) is 26.2 Å². The zero-order valence-corrected chi connectivity index (χ0v) is 14.1. The molecule has 1 saturated heterocycles. The lowest BCUT2D eigenvalue weighted by atomic mass is 10.0. The number of piperazine rings is 1. The van der Waals surface area contributed by atoms with Crippen LogP contribution in [0.3, 0.4) is 0 Å². The molecule has 25 heavy (non-hydrogen) atoms. The lowest BCUT2D eigenvalue weighted by Gasteiger charge is -2.27. The molecule has 6 heteroatoms. The van der Waals surface area contributed by atoms with E-state index in [1.165, 1.54) is 16.5 Å². The van der Waals surface area contributed by atoms with Crippen LogP contribution in [0.25, 0.3) is 22.3 Å². The van der Waals surface area contributed by atoms with Crippen LogP contribution in [0.15, 0.2) is 24.4 Å². The first-order valence-corrected chi connectivity index (χ1v) is 8.98. The van der Waals surface area contributed by atoms with Crippen molar-refractivity contribution in [2.24, 2.45) is 0 Å². The molecule has 1 aliphatic heterocycles. The number of H-pyrrole nitrogens is 2. The van der Waals surface area contributed by atoms with Crippen molar-refractivity contribution in [3.05, 3.63) is 41.1 Å². The number of rotatable bonds is 1. The highest BCUT2D eigenvalue weighted by Gasteiger charge is 2.23. The highest BCUT2D eigenvalue weighted by atomic mass is 16.2. The van der Waals surface area contributed by atoms with Gasteiger partial charge in [0.2, 0.25) is 0 Å². The summed E-state index contributed by atoms with van der Waals surface area (Å²) in [6, 6.07) is 6.04. The largest absolute Gasteiger partial charge is 0.353 e. The van der Waals surface area contributed by atoms with Crippen LogP contribution in [-0.2, 0) is 12.8 Å². The molecule has 1 amide bonds. The van der Waals surface area contributed by atoms with Crippen molar-refractivity contribution < 1.29 is 4.79 Å². The summed E-state index contributed by atoms with van der Waals surface area (Å²) < 4.78 is 0. The predicted octanol–water partition coefficient (Wildman–Crippen LogP) is 2.09. The molecule has 2 aliphatic rings. The number of nitrogens with one attached hydrogen (secondary N) is 3. The number of amides is 1. The third-order valence-electron chi connectivity index (χ3n) is 5.40. The Hall–Kier alpha value is -2.60. The van der Waals surface area contributed by atoms with Crippen molar-refractivity contribution in [3.63, 3.8) is 0 Å². The summed E-state index contributed by atoms with van der Waals surface area (Å²) in [7, 11) is 0. The Labute approximate surface area is 145 Å². The van der Waals surface area contributed by atoms with Gasteiger partial charge in [-0.3, -0.25) is 9.89 Å². The highest BCUT2D eigenvalue weighted by molar-refractivity contribution is 6.00. The summed E-state index contributed by atoms with van der Waals surface area (Å²) in [6.07, 6.45) is 5.08. The zero-order chi connectivity index (χ0) is 16.8. The maximum Gasteiger partial charge on any atom is 0.253 e. The van der Waals surface area contributed by atoms with Crippen LogP contribution in [0.1, 0.15) is 27.9 Å². The molecule has 0 spiro atoms. The zero-order valence-electron chi connectivity index (χ0n) is 14.1. The maximum atomic E-state index is 12.8. The minimum absolute atomic E-state index is 0.134. The van der Waals surface area contributed by atoms with Gasteiger partial charge in [-0.1, -0.05) is 0 Å². The van der Waals surface area contributed by atoms with Gasteiger partial charge in [0.1, 0.15) is 0 Å². The first-order valence-electron chi connectivity index (χ1n) is 8.98. The van der Waals surface area contributed by atoms with E-state index in [-0.39, 0.29) is 5.91 Å². The number of aromatic nitrogens is 3. The van der Waals surface area contributed by atoms with Crippen LogP contribution in [-0.4, -0.2) is 52.2 Å². The maximum absolute atomic E-state index is 12.8. The van der Waals surface area contributed by atoms with E-state index in [2.05, 4.69) is 26.6 Å². The van der Waals surface area contributed by atoms with Crippen LogP contribution < -0.4 is 5.32 Å². The van der Waals surface area contributed by atoms with E-state index in [4.69, 9.17) is 0 Å². The third-order valence-corrected chi connectivity index (χ3v) is 5.40. The molecule has 1 fully saturated rings. The van der Waals surface area contributed by atoms with Crippen molar-refractivity contribution in [3.8, 4) is 11.4 Å². The van der Waals surface area contributed by atoms with Crippen LogP contribution in [0.4, 0.5) is 0 Å². The Balaban J connectivity index is 1.59. The lowest BCUT2D eigenvalue weighted by molar-refractivity contribution is 0.0736. The average Bonchev–Trinajstić information content (AvgIpc) is 3.22. The first kappa shape index (κ1) is 14.7. The van der Waals surface area contributed by atoms with Gasteiger partial charge in [-0.2, -0.15) is 5.10 Å².